The number of hydrogen-bond donors (Lipinski definition) is 2. The van der Waals surface area contributed by atoms with Gasteiger partial charge in [-0.25, -0.2) is 18.1 Å². The third-order valence-corrected chi connectivity index (χ3v) is 8.25. The Bertz CT molecular complexity index is 1660. The minimum absolute atomic E-state index is 0.00703. The molecule has 0 saturated heterocycles. The number of carbonyl (C=O) groups is 1. The molecule has 0 fully saturated rings. The van der Waals surface area contributed by atoms with Gasteiger partial charge in [-0.1, -0.05) is 23.7 Å². The van der Waals surface area contributed by atoms with Crippen LogP contribution in [0.25, 0.3) is 22.2 Å². The predicted octanol–water partition coefficient (Wildman–Crippen LogP) is 5.30. The highest BCUT2D eigenvalue weighted by Gasteiger charge is 2.26. The number of fused-ring (bicyclic) bond motifs is 2. The molecule has 198 valence electrons. The summed E-state index contributed by atoms with van der Waals surface area (Å²) >= 11 is 6.44. The van der Waals surface area contributed by atoms with E-state index in [1.807, 2.05) is 37.3 Å². The van der Waals surface area contributed by atoms with E-state index in [1.54, 1.807) is 25.7 Å². The van der Waals surface area contributed by atoms with Crippen LogP contribution in [-0.2, 0) is 16.6 Å². The van der Waals surface area contributed by atoms with E-state index in [-0.39, 0.29) is 21.4 Å². The molecule has 3 aromatic carbocycles. The Kier molecular flexibility index (Phi) is 6.71. The number of rotatable bonds is 4. The summed E-state index contributed by atoms with van der Waals surface area (Å²) in [6.07, 6.45) is 0. The lowest BCUT2D eigenvalue weighted by Gasteiger charge is -2.22. The van der Waals surface area contributed by atoms with Crippen LogP contribution in [0.2, 0.25) is 5.02 Å². The zero-order valence-electron chi connectivity index (χ0n) is 21.6. The Morgan fingerprint density at radius 2 is 1.82 bits per heavy atom. The molecule has 0 spiro atoms. The first kappa shape index (κ1) is 26.2. The van der Waals surface area contributed by atoms with Crippen LogP contribution in [-0.4, -0.2) is 47.9 Å². The third kappa shape index (κ3) is 5.41. The molecule has 10 heteroatoms. The van der Waals surface area contributed by atoms with Crippen LogP contribution in [0, 0.1) is 6.92 Å². The van der Waals surface area contributed by atoms with E-state index in [1.165, 1.54) is 18.2 Å². The van der Waals surface area contributed by atoms with E-state index in [2.05, 4.69) is 20.8 Å². The number of imidazole rings is 1. The van der Waals surface area contributed by atoms with E-state index in [4.69, 9.17) is 16.3 Å². The van der Waals surface area contributed by atoms with Crippen molar-refractivity contribution in [3.05, 3.63) is 76.6 Å². The van der Waals surface area contributed by atoms with Crippen LogP contribution in [0.3, 0.4) is 0 Å². The fraction of sp³-hybridized carbons (Fsp3) is 0.286. The quantitative estimate of drug-likeness (QED) is 0.357. The minimum atomic E-state index is -3.78. The Hall–Kier alpha value is -3.40. The number of aromatic amines is 1. The molecule has 0 bridgehead atoms. The standard InChI is InChI=1S/C28H29ClN4O4S/c1-17-30-24-9-5-19(14-25(24)31-17)18-6-10-26-20(13-18)16-33(11-12-37-26)27(34)22-8-7-21(15-23(22)29)38(35,36)32-28(2,3)4/h5-10,13-15,32H,11-12,16H2,1-4H3,(H,30,31). The van der Waals surface area contributed by atoms with E-state index >= 15 is 0 Å². The van der Waals surface area contributed by atoms with Gasteiger partial charge in [-0.05, 0) is 81.3 Å². The predicted molar refractivity (Wildman–Crippen MR) is 148 cm³/mol. The molecule has 0 aliphatic carbocycles. The van der Waals surface area contributed by atoms with Crippen molar-refractivity contribution in [3.63, 3.8) is 0 Å². The average Bonchev–Trinajstić information content (AvgIpc) is 3.07. The molecular formula is C28H29ClN4O4S. The van der Waals surface area contributed by atoms with Crippen molar-refractivity contribution in [2.24, 2.45) is 0 Å². The summed E-state index contributed by atoms with van der Waals surface area (Å²) in [5.41, 5.74) is 4.34. The number of aromatic nitrogens is 2. The lowest BCUT2D eigenvalue weighted by atomic mass is 10.0. The Morgan fingerprint density at radius 3 is 2.55 bits per heavy atom. The molecule has 1 amide bonds. The van der Waals surface area contributed by atoms with E-state index in [9.17, 15) is 13.2 Å². The summed E-state index contributed by atoms with van der Waals surface area (Å²) in [5, 5.41) is 0.0778. The van der Waals surface area contributed by atoms with Crippen LogP contribution < -0.4 is 9.46 Å². The van der Waals surface area contributed by atoms with Crippen LogP contribution in [0.5, 0.6) is 5.75 Å². The SMILES string of the molecule is Cc1nc2ccc(-c3ccc4c(c3)CN(C(=O)c3ccc(S(=O)(=O)NC(C)(C)C)cc3Cl)CCO4)cc2[nH]1. The third-order valence-electron chi connectivity index (χ3n) is 6.18. The van der Waals surface area contributed by atoms with E-state index in [0.717, 1.165) is 39.3 Å². The summed E-state index contributed by atoms with van der Waals surface area (Å²) in [7, 11) is -3.78. The molecule has 8 nitrogen and oxygen atoms in total. The van der Waals surface area contributed by atoms with Crippen molar-refractivity contribution in [2.45, 2.75) is 44.7 Å². The van der Waals surface area contributed by atoms with Crippen molar-refractivity contribution < 1.29 is 17.9 Å². The van der Waals surface area contributed by atoms with Gasteiger partial charge >= 0.3 is 0 Å². The average molecular weight is 553 g/mol. The summed E-state index contributed by atoms with van der Waals surface area (Å²) < 4.78 is 33.9. The van der Waals surface area contributed by atoms with Crippen LogP contribution >= 0.6 is 11.6 Å². The lowest BCUT2D eigenvalue weighted by Crippen LogP contribution is -2.40. The minimum Gasteiger partial charge on any atom is -0.491 e. The van der Waals surface area contributed by atoms with Gasteiger partial charge in [0.15, 0.2) is 0 Å². The second-order valence-corrected chi connectivity index (χ2v) is 12.5. The van der Waals surface area contributed by atoms with Gasteiger partial charge in [0.05, 0.1) is 33.1 Å². The maximum atomic E-state index is 13.5. The van der Waals surface area contributed by atoms with Gasteiger partial charge in [-0.15, -0.1) is 0 Å². The molecule has 5 rings (SSSR count). The molecule has 2 N–H and O–H groups in total. The second-order valence-electron chi connectivity index (χ2n) is 10.4. The Labute approximate surface area is 227 Å². The number of H-pyrrole nitrogens is 1. The topological polar surface area (TPSA) is 104 Å². The van der Waals surface area contributed by atoms with Gasteiger partial charge < -0.3 is 14.6 Å². The lowest BCUT2D eigenvalue weighted by molar-refractivity contribution is 0.0733. The molecule has 38 heavy (non-hydrogen) atoms. The molecule has 2 heterocycles. The number of amides is 1. The number of aryl methyl sites for hydroxylation is 1. The molecule has 0 atom stereocenters. The highest BCUT2D eigenvalue weighted by atomic mass is 35.5. The number of carbonyl (C=O) groups excluding carboxylic acids is 1. The molecule has 1 aliphatic heterocycles. The Balaban J connectivity index is 1.41. The first-order chi connectivity index (χ1) is 17.9. The van der Waals surface area contributed by atoms with Gasteiger partial charge in [0, 0.05) is 17.6 Å². The van der Waals surface area contributed by atoms with Gasteiger partial charge in [0.2, 0.25) is 10.0 Å². The van der Waals surface area contributed by atoms with Gasteiger partial charge in [0.1, 0.15) is 18.2 Å². The smallest absolute Gasteiger partial charge is 0.255 e. The number of nitrogens with one attached hydrogen (secondary N) is 2. The molecule has 0 radical (unpaired) electrons. The highest BCUT2D eigenvalue weighted by Crippen LogP contribution is 2.32. The summed E-state index contributed by atoms with van der Waals surface area (Å²) in [6.45, 7) is 8.21. The van der Waals surface area contributed by atoms with Gasteiger partial charge in [0.25, 0.3) is 5.91 Å². The van der Waals surface area contributed by atoms with Gasteiger partial charge in [-0.2, -0.15) is 0 Å². The number of sulfonamides is 1. The van der Waals surface area contributed by atoms with Gasteiger partial charge in [-0.3, -0.25) is 4.79 Å². The number of benzene rings is 3. The summed E-state index contributed by atoms with van der Waals surface area (Å²) in [6, 6.07) is 16.2. The first-order valence-corrected chi connectivity index (χ1v) is 14.1. The number of ether oxygens (including phenoxy) is 1. The van der Waals surface area contributed by atoms with Crippen molar-refractivity contribution in [2.75, 3.05) is 13.2 Å². The van der Waals surface area contributed by atoms with Crippen molar-refractivity contribution in [1.29, 1.82) is 0 Å². The number of halogens is 1. The second kappa shape index (κ2) is 9.72. The largest absolute Gasteiger partial charge is 0.491 e. The van der Waals surface area contributed by atoms with Crippen LogP contribution in [0.15, 0.2) is 59.5 Å². The summed E-state index contributed by atoms with van der Waals surface area (Å²) in [5.74, 6) is 1.29. The maximum absolute atomic E-state index is 13.5. The molecule has 1 aliphatic rings. The molecule has 4 aromatic rings. The molecular weight excluding hydrogens is 524 g/mol. The fourth-order valence-corrected chi connectivity index (χ4v) is 6.30. The maximum Gasteiger partial charge on any atom is 0.255 e. The molecule has 0 saturated carbocycles. The fourth-order valence-electron chi connectivity index (χ4n) is 4.53. The van der Waals surface area contributed by atoms with Crippen molar-refractivity contribution >= 4 is 38.6 Å². The monoisotopic (exact) mass is 552 g/mol. The summed E-state index contributed by atoms with van der Waals surface area (Å²) in [4.78, 5) is 22.9. The number of hydrogen-bond acceptors (Lipinski definition) is 5. The zero-order chi connectivity index (χ0) is 27.2. The van der Waals surface area contributed by atoms with Crippen LogP contribution in [0.4, 0.5) is 0 Å². The van der Waals surface area contributed by atoms with Crippen LogP contribution in [0.1, 0.15) is 42.5 Å². The normalized spacial score (nSPS) is 14.2. The molecule has 0 unspecified atom stereocenters. The van der Waals surface area contributed by atoms with E-state index < -0.39 is 15.6 Å². The van der Waals surface area contributed by atoms with Crippen molar-refractivity contribution in [1.82, 2.24) is 19.6 Å². The molecule has 1 aromatic heterocycles. The first-order valence-electron chi connectivity index (χ1n) is 12.2. The number of nitrogens with zero attached hydrogens (tertiary/aromatic N) is 2. The zero-order valence-corrected chi connectivity index (χ0v) is 23.2. The highest BCUT2D eigenvalue weighted by molar-refractivity contribution is 7.89. The van der Waals surface area contributed by atoms with Crippen molar-refractivity contribution in [3.8, 4) is 16.9 Å². The van der Waals surface area contributed by atoms with E-state index in [0.29, 0.717) is 19.7 Å². The Morgan fingerprint density at radius 1 is 1.08 bits per heavy atom.